The Morgan fingerprint density at radius 2 is 1.67 bits per heavy atom. The molecule has 0 saturated heterocycles. The zero-order valence-electron chi connectivity index (χ0n) is 26.8. The first-order valence-electron chi connectivity index (χ1n) is 18.2. The summed E-state index contributed by atoms with van der Waals surface area (Å²) < 4.78 is 16.1. The van der Waals surface area contributed by atoms with Crippen LogP contribution in [0.15, 0.2) is 18.2 Å². The second-order valence-corrected chi connectivity index (χ2v) is 15.8. The minimum atomic E-state index is -0.960. The fourth-order valence-corrected chi connectivity index (χ4v) is 10.7. The van der Waals surface area contributed by atoms with Crippen LogP contribution in [-0.2, 0) is 11.2 Å². The zero-order chi connectivity index (χ0) is 30.0. The molecule has 1 amide bonds. The van der Waals surface area contributed by atoms with E-state index in [0.717, 1.165) is 75.1 Å². The van der Waals surface area contributed by atoms with Crippen LogP contribution >= 0.6 is 0 Å². The van der Waals surface area contributed by atoms with Crippen molar-refractivity contribution in [3.63, 3.8) is 0 Å². The van der Waals surface area contributed by atoms with E-state index < -0.39 is 12.3 Å². The number of benzene rings is 1. The normalized spacial score (nSPS) is 34.8. The number of phenolic OH excluding ortho intramolecular Hbond substituents is 1. The van der Waals surface area contributed by atoms with E-state index in [9.17, 15) is 15.0 Å². The summed E-state index contributed by atoms with van der Waals surface area (Å²) in [6, 6.07) is 5.58. The summed E-state index contributed by atoms with van der Waals surface area (Å²) in [5.74, 6) is 2.84. The van der Waals surface area contributed by atoms with Gasteiger partial charge >= 0.3 is 0 Å². The van der Waals surface area contributed by atoms with Gasteiger partial charge in [0.2, 0.25) is 5.91 Å². The Morgan fingerprint density at radius 1 is 0.953 bits per heavy atom. The van der Waals surface area contributed by atoms with Gasteiger partial charge in [0.15, 0.2) is 0 Å². The third-order valence-electron chi connectivity index (χ3n) is 13.1. The number of carbonyl (C=O) groups excluding carboxylic acids is 1. The van der Waals surface area contributed by atoms with E-state index in [-0.39, 0.29) is 23.0 Å². The fraction of sp³-hybridized carbons (Fsp3) is 0.816. The van der Waals surface area contributed by atoms with Crippen molar-refractivity contribution in [2.24, 2.45) is 35.0 Å². The smallest absolute Gasteiger partial charge is 0.222 e. The Bertz CT molecular complexity index is 1080. The number of carbonyl (C=O) groups is 1. The number of aromatic hydroxyl groups is 1. The van der Waals surface area contributed by atoms with Gasteiger partial charge in [-0.25, -0.2) is 4.39 Å². The molecule has 5 aliphatic rings. The van der Waals surface area contributed by atoms with Crippen molar-refractivity contribution in [2.75, 3.05) is 13.1 Å². The molecule has 4 fully saturated rings. The second-order valence-electron chi connectivity index (χ2n) is 15.8. The molecule has 1 aromatic carbocycles. The number of hydrogen-bond donors (Lipinski definition) is 2. The summed E-state index contributed by atoms with van der Waals surface area (Å²) in [6.07, 6.45) is 19.7. The van der Waals surface area contributed by atoms with Crippen molar-refractivity contribution >= 4 is 5.91 Å². The summed E-state index contributed by atoms with van der Waals surface area (Å²) in [5.41, 5.74) is 1.87. The molecular weight excluding hydrogens is 537 g/mol. The first-order chi connectivity index (χ1) is 20.8. The number of amides is 1. The van der Waals surface area contributed by atoms with Crippen LogP contribution in [0.3, 0.4) is 0 Å². The van der Waals surface area contributed by atoms with E-state index in [2.05, 4.69) is 11.8 Å². The Morgan fingerprint density at radius 3 is 2.42 bits per heavy atom. The number of hydrogen-bond acceptors (Lipinski definition) is 3. The number of aliphatic hydroxyl groups excluding tert-OH is 1. The number of aliphatic hydroxyl groups is 1. The molecule has 0 radical (unpaired) electrons. The quantitative estimate of drug-likeness (QED) is 0.266. The molecule has 0 aromatic heterocycles. The molecule has 1 aromatic rings. The van der Waals surface area contributed by atoms with Crippen molar-refractivity contribution < 1.29 is 19.4 Å². The minimum Gasteiger partial charge on any atom is -0.508 e. The van der Waals surface area contributed by atoms with Crippen LogP contribution in [0.2, 0.25) is 0 Å². The van der Waals surface area contributed by atoms with Crippen LogP contribution in [0.1, 0.15) is 140 Å². The van der Waals surface area contributed by atoms with Gasteiger partial charge in [-0.15, -0.1) is 0 Å². The third kappa shape index (κ3) is 6.82. The maximum Gasteiger partial charge on any atom is 0.222 e. The van der Waals surface area contributed by atoms with E-state index >= 15 is 4.39 Å². The number of phenols is 1. The molecule has 2 N–H and O–H groups in total. The number of halogens is 1. The molecule has 5 aliphatic carbocycles. The lowest BCUT2D eigenvalue weighted by Gasteiger charge is -2.54. The molecule has 0 heterocycles. The molecule has 0 spiro atoms. The predicted molar refractivity (Wildman–Crippen MR) is 171 cm³/mol. The molecule has 0 bridgehead atoms. The molecule has 43 heavy (non-hydrogen) atoms. The molecular formula is C38H58FNO3. The van der Waals surface area contributed by atoms with Crippen LogP contribution < -0.4 is 0 Å². The van der Waals surface area contributed by atoms with Crippen LogP contribution in [0.5, 0.6) is 5.75 Å². The first kappa shape index (κ1) is 31.4. The summed E-state index contributed by atoms with van der Waals surface area (Å²) in [4.78, 5) is 15.8. The molecule has 5 heteroatoms. The van der Waals surface area contributed by atoms with E-state index in [0.29, 0.717) is 36.5 Å². The molecule has 6 rings (SSSR count). The minimum absolute atomic E-state index is 0.137. The highest BCUT2D eigenvalue weighted by Crippen LogP contribution is 2.63. The lowest BCUT2D eigenvalue weighted by atomic mass is 9.51. The summed E-state index contributed by atoms with van der Waals surface area (Å²) >= 11 is 0. The van der Waals surface area contributed by atoms with Crippen molar-refractivity contribution in [1.82, 2.24) is 4.90 Å². The Labute approximate surface area is 260 Å². The monoisotopic (exact) mass is 595 g/mol. The highest BCUT2D eigenvalue weighted by atomic mass is 19.1. The summed E-state index contributed by atoms with van der Waals surface area (Å²) in [5, 5.41) is 21.2. The number of rotatable bonds is 10. The third-order valence-corrected chi connectivity index (χ3v) is 13.1. The highest BCUT2D eigenvalue weighted by Gasteiger charge is 2.59. The SMILES string of the molecule is CC12C[C@H](F)C3c4ccc(O)cc4CC(CCCCN(CC4CCCCC4)C(=O)CCC4CCCCC4)C3C1CC[C@@H]2O. The fourth-order valence-electron chi connectivity index (χ4n) is 10.7. The van der Waals surface area contributed by atoms with Gasteiger partial charge in [-0.1, -0.05) is 70.8 Å². The van der Waals surface area contributed by atoms with Gasteiger partial charge in [0.1, 0.15) is 11.9 Å². The van der Waals surface area contributed by atoms with Crippen molar-refractivity contribution in [2.45, 2.75) is 147 Å². The van der Waals surface area contributed by atoms with E-state index in [1.54, 1.807) is 6.07 Å². The highest BCUT2D eigenvalue weighted by molar-refractivity contribution is 5.76. The molecule has 4 nitrogen and oxygen atoms in total. The summed E-state index contributed by atoms with van der Waals surface area (Å²) in [6.45, 7) is 3.93. The standard InChI is InChI=1S/C38H58FNO3/c1-38-24-33(39)37-31-17-16-30(41)23-29(31)22-28(36(37)32(38)18-19-34(38)42)14-8-9-21-40(25-27-12-6-3-7-13-27)35(43)20-15-26-10-4-2-5-11-26/h16-17,23,26-28,32-34,36-37,41-42H,2-15,18-22,24-25H2,1H3/t28?,32?,33-,34-,36?,37?,38?/m0/s1. The van der Waals surface area contributed by atoms with Gasteiger partial charge in [-0.2, -0.15) is 0 Å². The van der Waals surface area contributed by atoms with E-state index in [4.69, 9.17) is 0 Å². The first-order valence-corrected chi connectivity index (χ1v) is 18.2. The van der Waals surface area contributed by atoms with E-state index in [1.807, 2.05) is 12.1 Å². The van der Waals surface area contributed by atoms with Crippen molar-refractivity contribution in [3.05, 3.63) is 29.3 Å². The van der Waals surface area contributed by atoms with Crippen LogP contribution in [0.4, 0.5) is 4.39 Å². The molecule has 4 saturated carbocycles. The Hall–Kier alpha value is -1.62. The zero-order valence-corrected chi connectivity index (χ0v) is 26.8. The van der Waals surface area contributed by atoms with Gasteiger partial charge in [0.05, 0.1) is 6.10 Å². The van der Waals surface area contributed by atoms with Gasteiger partial charge in [-0.3, -0.25) is 4.79 Å². The van der Waals surface area contributed by atoms with Crippen molar-refractivity contribution in [1.29, 1.82) is 0 Å². The molecule has 7 atom stereocenters. The number of alkyl halides is 1. The van der Waals surface area contributed by atoms with Crippen LogP contribution in [0.25, 0.3) is 0 Å². The number of nitrogens with zero attached hydrogens (tertiary/aromatic N) is 1. The van der Waals surface area contributed by atoms with E-state index in [1.165, 1.54) is 64.2 Å². The topological polar surface area (TPSA) is 60.8 Å². The van der Waals surface area contributed by atoms with Gasteiger partial charge in [-0.05, 0) is 116 Å². The molecule has 240 valence electrons. The Kier molecular flexibility index (Phi) is 10.1. The predicted octanol–water partition coefficient (Wildman–Crippen LogP) is 8.72. The number of unbranched alkanes of at least 4 members (excludes halogenated alkanes) is 1. The number of fused-ring (bicyclic) bond motifs is 5. The maximum absolute atomic E-state index is 16.1. The van der Waals surface area contributed by atoms with Gasteiger partial charge in [0.25, 0.3) is 0 Å². The lowest BCUT2D eigenvalue weighted by molar-refractivity contribution is -0.132. The summed E-state index contributed by atoms with van der Waals surface area (Å²) in [7, 11) is 0. The van der Waals surface area contributed by atoms with Gasteiger partial charge < -0.3 is 15.1 Å². The molecule has 0 aliphatic heterocycles. The lowest BCUT2D eigenvalue weighted by Crippen LogP contribution is -2.51. The largest absolute Gasteiger partial charge is 0.508 e. The molecule has 5 unspecified atom stereocenters. The van der Waals surface area contributed by atoms with Gasteiger partial charge in [0, 0.05) is 25.4 Å². The second kappa shape index (κ2) is 13.8. The average Bonchev–Trinajstić information content (AvgIpc) is 3.31. The Balaban J connectivity index is 1.11. The maximum atomic E-state index is 16.1. The van der Waals surface area contributed by atoms with Crippen LogP contribution in [-0.4, -0.2) is 46.4 Å². The average molecular weight is 596 g/mol. The van der Waals surface area contributed by atoms with Crippen molar-refractivity contribution in [3.8, 4) is 5.75 Å². The van der Waals surface area contributed by atoms with Crippen LogP contribution in [0, 0.1) is 35.0 Å².